The normalized spacial score (nSPS) is 23.3. The van der Waals surface area contributed by atoms with Crippen LogP contribution in [0, 0.1) is 5.41 Å². The standard InChI is InChI=1S/C18H16F3N7O6S4/c1-34-27-8(7-2-35-15(23-7)25-13(31)18(19,20)21)10(29)24-9-11(30)28-3-17(14(32)33,4-36-12(9)28)5-37-16-26-22-6-38-16/h2,6,9,12H,3-5H2,1H3,(H,24,29)(H,32,33)(H,23,25,31)/t9?,12-,17?/m1/s1. The number of aromatic nitrogens is 3. The van der Waals surface area contributed by atoms with Crippen LogP contribution in [-0.4, -0.2) is 97.3 Å². The van der Waals surface area contributed by atoms with Crippen LogP contribution in [0.1, 0.15) is 5.69 Å². The number of carboxylic acids is 1. The van der Waals surface area contributed by atoms with Crippen molar-refractivity contribution in [2.45, 2.75) is 21.9 Å². The van der Waals surface area contributed by atoms with Gasteiger partial charge in [-0.1, -0.05) is 28.3 Å². The molecule has 0 bridgehead atoms. The van der Waals surface area contributed by atoms with E-state index in [-0.39, 0.29) is 23.7 Å². The fourth-order valence-electron chi connectivity index (χ4n) is 3.45. The molecule has 204 valence electrons. The number of nitrogens with zero attached hydrogens (tertiary/aromatic N) is 5. The quantitative estimate of drug-likeness (QED) is 0.160. The van der Waals surface area contributed by atoms with Gasteiger partial charge in [-0.15, -0.1) is 33.3 Å². The lowest BCUT2D eigenvalue weighted by atomic mass is 9.89. The number of β-lactam (4-membered cyclic amide) rings is 1. The van der Waals surface area contributed by atoms with Crippen LogP contribution in [0.15, 0.2) is 20.4 Å². The third-order valence-corrected chi connectivity index (χ3v) is 9.82. The van der Waals surface area contributed by atoms with Crippen LogP contribution in [0.2, 0.25) is 0 Å². The number of carbonyl (C=O) groups is 4. The molecule has 38 heavy (non-hydrogen) atoms. The lowest BCUT2D eigenvalue weighted by Crippen LogP contribution is -2.74. The highest BCUT2D eigenvalue weighted by Crippen LogP contribution is 2.44. The Hall–Kier alpha value is -2.97. The maximum atomic E-state index is 12.9. The molecule has 2 aromatic heterocycles. The highest BCUT2D eigenvalue weighted by Gasteiger charge is 2.57. The zero-order valence-electron chi connectivity index (χ0n) is 18.9. The molecule has 2 fully saturated rings. The number of rotatable bonds is 9. The maximum absolute atomic E-state index is 12.9. The van der Waals surface area contributed by atoms with Crippen LogP contribution in [-0.2, 0) is 24.0 Å². The van der Waals surface area contributed by atoms with E-state index in [0.717, 1.165) is 7.11 Å². The van der Waals surface area contributed by atoms with E-state index in [0.29, 0.717) is 15.7 Å². The number of nitrogens with one attached hydrogen (secondary N) is 2. The van der Waals surface area contributed by atoms with Crippen molar-refractivity contribution >= 4 is 80.7 Å². The van der Waals surface area contributed by atoms with E-state index in [1.54, 1.807) is 5.32 Å². The van der Waals surface area contributed by atoms with Crippen molar-refractivity contribution in [2.75, 3.05) is 30.5 Å². The van der Waals surface area contributed by atoms with Gasteiger partial charge in [0.05, 0.1) is 0 Å². The Morgan fingerprint density at radius 3 is 2.76 bits per heavy atom. The minimum absolute atomic E-state index is 0.0651. The summed E-state index contributed by atoms with van der Waals surface area (Å²) in [5.74, 6) is -4.36. The van der Waals surface area contributed by atoms with E-state index < -0.39 is 57.5 Å². The zero-order chi connectivity index (χ0) is 27.7. The molecule has 2 aliphatic rings. The smallest absolute Gasteiger partial charge is 0.471 e. The summed E-state index contributed by atoms with van der Waals surface area (Å²) in [5.41, 5.74) is -0.329. The molecule has 2 saturated heterocycles. The summed E-state index contributed by atoms with van der Waals surface area (Å²) in [7, 11) is 1.13. The monoisotopic (exact) mass is 611 g/mol. The second kappa shape index (κ2) is 11.0. The van der Waals surface area contributed by atoms with Crippen molar-refractivity contribution in [3.63, 3.8) is 0 Å². The number of hydrogen-bond donors (Lipinski definition) is 3. The van der Waals surface area contributed by atoms with Gasteiger partial charge in [0.1, 0.15) is 35.1 Å². The van der Waals surface area contributed by atoms with Crippen molar-refractivity contribution in [2.24, 2.45) is 10.6 Å². The average molecular weight is 612 g/mol. The SMILES string of the molecule is CON=C(C(=O)NC1C(=O)N2CC(CSc3nncs3)(C(=O)O)CS[C@H]12)c1csc(NC(=O)C(F)(F)F)n1. The summed E-state index contributed by atoms with van der Waals surface area (Å²) in [5, 5.41) is 25.4. The molecule has 13 nitrogen and oxygen atoms in total. The van der Waals surface area contributed by atoms with Crippen LogP contribution >= 0.6 is 46.2 Å². The largest absolute Gasteiger partial charge is 0.481 e. The number of fused-ring (bicyclic) bond motifs is 1. The molecule has 0 aliphatic carbocycles. The summed E-state index contributed by atoms with van der Waals surface area (Å²) in [6.45, 7) is -0.0651. The Morgan fingerprint density at radius 2 is 2.13 bits per heavy atom. The Kier molecular flexibility index (Phi) is 8.14. The minimum Gasteiger partial charge on any atom is -0.481 e. The van der Waals surface area contributed by atoms with Crippen LogP contribution in [0.4, 0.5) is 18.3 Å². The number of aliphatic carboxylic acids is 1. The summed E-state index contributed by atoms with van der Waals surface area (Å²) >= 11 is 4.33. The van der Waals surface area contributed by atoms with Crippen LogP contribution in [0.25, 0.3) is 0 Å². The second-order valence-electron chi connectivity index (χ2n) is 7.81. The van der Waals surface area contributed by atoms with Gasteiger partial charge < -0.3 is 20.2 Å². The summed E-state index contributed by atoms with van der Waals surface area (Å²) in [4.78, 5) is 58.8. The second-order valence-corrected chi connectivity index (χ2v) is 11.8. The number of thiazole rings is 1. The Labute approximate surface area is 227 Å². The first-order chi connectivity index (χ1) is 17.9. The first-order valence-corrected chi connectivity index (χ1v) is 14.0. The number of carbonyl (C=O) groups excluding carboxylic acids is 3. The van der Waals surface area contributed by atoms with Crippen molar-refractivity contribution in [1.29, 1.82) is 0 Å². The molecule has 2 aromatic rings. The van der Waals surface area contributed by atoms with E-state index in [9.17, 15) is 37.5 Å². The molecule has 3 N–H and O–H groups in total. The van der Waals surface area contributed by atoms with Crippen molar-refractivity contribution in [1.82, 2.24) is 25.4 Å². The number of hydrogen-bond acceptors (Lipinski definition) is 13. The molecule has 0 radical (unpaired) electrons. The maximum Gasteiger partial charge on any atom is 0.471 e. The Balaban J connectivity index is 1.41. The van der Waals surface area contributed by atoms with Gasteiger partial charge in [-0.2, -0.15) is 13.2 Å². The van der Waals surface area contributed by atoms with Crippen molar-refractivity contribution in [3.8, 4) is 0 Å². The van der Waals surface area contributed by atoms with Gasteiger partial charge in [-0.3, -0.25) is 24.5 Å². The zero-order valence-corrected chi connectivity index (χ0v) is 22.2. The highest BCUT2D eigenvalue weighted by atomic mass is 32.2. The lowest BCUT2D eigenvalue weighted by molar-refractivity contribution is -0.167. The fourth-order valence-corrected chi connectivity index (χ4v) is 7.48. The summed E-state index contributed by atoms with van der Waals surface area (Å²) < 4.78 is 38.1. The third-order valence-electron chi connectivity index (χ3n) is 5.32. The molecule has 3 atom stereocenters. The van der Waals surface area contributed by atoms with Crippen molar-refractivity contribution < 1.29 is 42.3 Å². The predicted molar refractivity (Wildman–Crippen MR) is 131 cm³/mol. The molecule has 0 spiro atoms. The number of halogens is 3. The van der Waals surface area contributed by atoms with Gasteiger partial charge in [0, 0.05) is 23.4 Å². The molecule has 3 amide bonds. The van der Waals surface area contributed by atoms with E-state index in [2.05, 4.69) is 30.5 Å². The Bertz CT molecular complexity index is 1270. The molecular weight excluding hydrogens is 596 g/mol. The summed E-state index contributed by atoms with van der Waals surface area (Å²) in [6.07, 6.45) is -5.13. The van der Waals surface area contributed by atoms with Gasteiger partial charge in [0.15, 0.2) is 15.2 Å². The number of anilines is 1. The van der Waals surface area contributed by atoms with Gasteiger partial charge in [0.25, 0.3) is 5.91 Å². The van der Waals surface area contributed by atoms with E-state index >= 15 is 0 Å². The number of amides is 3. The van der Waals surface area contributed by atoms with Gasteiger partial charge in [-0.25, -0.2) is 4.98 Å². The lowest BCUT2D eigenvalue weighted by Gasteiger charge is -2.53. The molecular formula is C18H16F3N7O6S4. The molecule has 2 aliphatic heterocycles. The molecule has 4 heterocycles. The number of alkyl halides is 3. The van der Waals surface area contributed by atoms with E-state index in [1.807, 2.05) is 0 Å². The summed E-state index contributed by atoms with van der Waals surface area (Å²) in [6, 6.07) is -1.000. The minimum atomic E-state index is -5.13. The highest BCUT2D eigenvalue weighted by molar-refractivity contribution is 8.01. The number of oxime groups is 1. The topological polar surface area (TPSA) is 176 Å². The van der Waals surface area contributed by atoms with Crippen LogP contribution in [0.5, 0.6) is 0 Å². The molecule has 0 aromatic carbocycles. The fraction of sp³-hybridized carbons (Fsp3) is 0.444. The molecule has 4 rings (SSSR count). The molecule has 2 unspecified atom stereocenters. The molecule has 0 saturated carbocycles. The number of carboxylic acid groups (broad SMARTS) is 1. The predicted octanol–water partition coefficient (Wildman–Crippen LogP) is 1.11. The number of thioether (sulfide) groups is 2. The van der Waals surface area contributed by atoms with Crippen molar-refractivity contribution in [3.05, 3.63) is 16.6 Å². The first kappa shape index (κ1) is 28.0. The van der Waals surface area contributed by atoms with Gasteiger partial charge in [-0.05, 0) is 0 Å². The van der Waals surface area contributed by atoms with E-state index in [1.165, 1.54) is 50.7 Å². The first-order valence-electron chi connectivity index (χ1n) is 10.3. The molecule has 20 heteroatoms. The Morgan fingerprint density at radius 1 is 1.37 bits per heavy atom. The third kappa shape index (κ3) is 5.71. The average Bonchev–Trinajstić information content (AvgIpc) is 3.56. The van der Waals surface area contributed by atoms with Crippen LogP contribution < -0.4 is 10.6 Å². The van der Waals surface area contributed by atoms with Gasteiger partial charge in [0.2, 0.25) is 5.91 Å². The van der Waals surface area contributed by atoms with Gasteiger partial charge >= 0.3 is 18.1 Å². The van der Waals surface area contributed by atoms with E-state index in [4.69, 9.17) is 0 Å². The van der Waals surface area contributed by atoms with Crippen LogP contribution in [0.3, 0.4) is 0 Å².